The van der Waals surface area contributed by atoms with Crippen molar-refractivity contribution in [2.75, 3.05) is 4.90 Å². The highest BCUT2D eigenvalue weighted by Gasteiger charge is 2.35. The minimum Gasteiger partial charge on any atom is -0.456 e. The maximum absolute atomic E-state index is 6.15. The Morgan fingerprint density at radius 2 is 0.934 bits per heavy atom. The quantitative estimate of drug-likeness (QED) is 0.156. The average molecular weight is 780 g/mol. The molecule has 0 spiro atoms. The van der Waals surface area contributed by atoms with Crippen LogP contribution in [0, 0.1) is 0 Å². The number of hydrogen-bond donors (Lipinski definition) is 0. The van der Waals surface area contributed by atoms with Crippen molar-refractivity contribution in [2.45, 2.75) is 19.3 Å². The highest BCUT2D eigenvalue weighted by molar-refractivity contribution is 6.12. The number of nitrogens with zero attached hydrogens (tertiary/aromatic N) is 1. The van der Waals surface area contributed by atoms with E-state index in [0.717, 1.165) is 50.1 Å². The van der Waals surface area contributed by atoms with E-state index >= 15 is 0 Å². The van der Waals surface area contributed by atoms with Crippen LogP contribution in [0.5, 0.6) is 0 Å². The highest BCUT2D eigenvalue weighted by atomic mass is 16.3. The number of benzene rings is 10. The molecule has 288 valence electrons. The molecule has 0 radical (unpaired) electrons. The number of para-hydroxylation sites is 1. The standard InChI is InChI=1S/C59H41NO/c1-59(2)55-19-7-5-15-51(55)53-36-41(26-33-56(53)59)38-21-28-44(29-22-38)60(45-30-23-39(24-31-45)42-27-34-58-54(37-42)52-16-6-8-20-57(52)61-58)46-13-9-12-43(35-46)48-17-10-18-49-47-14-4-3-11-40(47)25-32-50(48)49/h3-37H,1-2H3. The predicted molar refractivity (Wildman–Crippen MR) is 257 cm³/mol. The molecule has 11 aromatic rings. The molecule has 0 fully saturated rings. The summed E-state index contributed by atoms with van der Waals surface area (Å²) >= 11 is 0. The van der Waals surface area contributed by atoms with E-state index in [9.17, 15) is 0 Å². The summed E-state index contributed by atoms with van der Waals surface area (Å²) in [5.74, 6) is 0. The van der Waals surface area contributed by atoms with Gasteiger partial charge in [0.25, 0.3) is 0 Å². The van der Waals surface area contributed by atoms with E-state index in [1.54, 1.807) is 0 Å². The van der Waals surface area contributed by atoms with Gasteiger partial charge in [-0.05, 0) is 138 Å². The molecule has 61 heavy (non-hydrogen) atoms. The number of fused-ring (bicyclic) bond motifs is 9. The molecule has 0 aliphatic heterocycles. The third-order valence-electron chi connectivity index (χ3n) is 13.1. The first-order valence-electron chi connectivity index (χ1n) is 21.2. The van der Waals surface area contributed by atoms with Gasteiger partial charge < -0.3 is 9.32 Å². The van der Waals surface area contributed by atoms with Gasteiger partial charge in [0, 0.05) is 33.2 Å². The summed E-state index contributed by atoms with van der Waals surface area (Å²) in [4.78, 5) is 2.38. The Morgan fingerprint density at radius 3 is 1.75 bits per heavy atom. The van der Waals surface area contributed by atoms with Gasteiger partial charge in [0.2, 0.25) is 0 Å². The lowest BCUT2D eigenvalue weighted by atomic mass is 9.82. The van der Waals surface area contributed by atoms with Gasteiger partial charge in [0.1, 0.15) is 11.2 Å². The second-order valence-corrected chi connectivity index (χ2v) is 16.9. The van der Waals surface area contributed by atoms with Crippen molar-refractivity contribution in [3.05, 3.63) is 223 Å². The number of furan rings is 1. The maximum atomic E-state index is 6.15. The van der Waals surface area contributed by atoms with Crippen LogP contribution in [0.4, 0.5) is 17.1 Å². The molecule has 0 bridgehead atoms. The Labute approximate surface area is 355 Å². The van der Waals surface area contributed by atoms with Gasteiger partial charge in [-0.2, -0.15) is 0 Å². The number of rotatable bonds is 6. The van der Waals surface area contributed by atoms with Gasteiger partial charge in [-0.1, -0.05) is 166 Å². The second-order valence-electron chi connectivity index (χ2n) is 16.9. The van der Waals surface area contributed by atoms with Crippen molar-refractivity contribution in [1.82, 2.24) is 0 Å². The van der Waals surface area contributed by atoms with Crippen LogP contribution in [0.3, 0.4) is 0 Å². The lowest BCUT2D eigenvalue weighted by Gasteiger charge is -2.26. The van der Waals surface area contributed by atoms with E-state index in [2.05, 4.69) is 219 Å². The Hall–Kier alpha value is -7.68. The van der Waals surface area contributed by atoms with Gasteiger partial charge in [-0.3, -0.25) is 0 Å². The summed E-state index contributed by atoms with van der Waals surface area (Å²) < 4.78 is 6.15. The van der Waals surface area contributed by atoms with Crippen molar-refractivity contribution >= 4 is 60.5 Å². The Balaban J connectivity index is 0.956. The second kappa shape index (κ2) is 13.7. The molecule has 10 aromatic carbocycles. The van der Waals surface area contributed by atoms with Gasteiger partial charge in [0.15, 0.2) is 0 Å². The fraction of sp³-hybridized carbons (Fsp3) is 0.0508. The fourth-order valence-electron chi connectivity index (χ4n) is 9.96. The smallest absolute Gasteiger partial charge is 0.135 e. The summed E-state index contributed by atoms with van der Waals surface area (Å²) in [7, 11) is 0. The van der Waals surface area contributed by atoms with Crippen LogP contribution in [0.15, 0.2) is 217 Å². The molecule has 0 saturated carbocycles. The van der Waals surface area contributed by atoms with Crippen LogP contribution in [0.25, 0.3) is 88.0 Å². The first kappa shape index (κ1) is 35.3. The third kappa shape index (κ3) is 5.71. The fourth-order valence-corrected chi connectivity index (χ4v) is 9.96. The van der Waals surface area contributed by atoms with Crippen molar-refractivity contribution in [3.8, 4) is 44.5 Å². The zero-order chi connectivity index (χ0) is 40.7. The minimum absolute atomic E-state index is 0.0148. The molecule has 1 aromatic heterocycles. The molecule has 0 unspecified atom stereocenters. The third-order valence-corrected chi connectivity index (χ3v) is 13.1. The Kier molecular flexibility index (Phi) is 7.92. The van der Waals surface area contributed by atoms with Crippen LogP contribution in [0.2, 0.25) is 0 Å². The molecule has 2 nitrogen and oxygen atoms in total. The molecule has 0 amide bonds. The summed E-state index contributed by atoms with van der Waals surface area (Å²) in [5, 5.41) is 7.32. The molecule has 12 rings (SSSR count). The minimum atomic E-state index is -0.0148. The number of anilines is 3. The van der Waals surface area contributed by atoms with Crippen LogP contribution in [0.1, 0.15) is 25.0 Å². The predicted octanol–water partition coefficient (Wildman–Crippen LogP) is 16.7. The lowest BCUT2D eigenvalue weighted by molar-refractivity contribution is 0.660. The normalized spacial score (nSPS) is 12.9. The lowest BCUT2D eigenvalue weighted by Crippen LogP contribution is -2.14. The van der Waals surface area contributed by atoms with E-state index < -0.39 is 0 Å². The molecule has 0 N–H and O–H groups in total. The van der Waals surface area contributed by atoms with Gasteiger partial charge in [0.05, 0.1) is 0 Å². The van der Waals surface area contributed by atoms with E-state index in [-0.39, 0.29) is 5.41 Å². The van der Waals surface area contributed by atoms with E-state index in [4.69, 9.17) is 4.42 Å². The van der Waals surface area contributed by atoms with E-state index in [1.165, 1.54) is 66.1 Å². The zero-order valence-corrected chi connectivity index (χ0v) is 34.1. The molecule has 0 atom stereocenters. The van der Waals surface area contributed by atoms with Crippen molar-refractivity contribution in [2.24, 2.45) is 0 Å². The van der Waals surface area contributed by atoms with Gasteiger partial charge >= 0.3 is 0 Å². The summed E-state index contributed by atoms with van der Waals surface area (Å²) in [6, 6.07) is 77.5. The molecular weight excluding hydrogens is 739 g/mol. The first-order valence-corrected chi connectivity index (χ1v) is 21.2. The number of hydrogen-bond acceptors (Lipinski definition) is 2. The van der Waals surface area contributed by atoms with Crippen LogP contribution in [-0.4, -0.2) is 0 Å². The zero-order valence-electron chi connectivity index (χ0n) is 34.1. The van der Waals surface area contributed by atoms with Crippen molar-refractivity contribution in [1.29, 1.82) is 0 Å². The average Bonchev–Trinajstić information content (AvgIpc) is 3.80. The molecule has 1 aliphatic rings. The SMILES string of the molecule is CC1(C)c2ccccc2-c2cc(-c3ccc(N(c4ccc(-c5ccc6oc7ccccc7c6c5)cc4)c4cccc(-c5cccc6c5ccc5ccccc56)c4)cc3)ccc21. The highest BCUT2D eigenvalue weighted by Crippen LogP contribution is 2.50. The summed E-state index contributed by atoms with van der Waals surface area (Å²) in [6.45, 7) is 4.68. The maximum Gasteiger partial charge on any atom is 0.135 e. The monoisotopic (exact) mass is 779 g/mol. The van der Waals surface area contributed by atoms with Crippen LogP contribution < -0.4 is 4.90 Å². The van der Waals surface area contributed by atoms with Crippen molar-refractivity contribution < 1.29 is 4.42 Å². The van der Waals surface area contributed by atoms with E-state index in [1.807, 2.05) is 12.1 Å². The summed E-state index contributed by atoms with van der Waals surface area (Å²) in [6.07, 6.45) is 0. The topological polar surface area (TPSA) is 16.4 Å². The molecule has 0 saturated heterocycles. The Bertz CT molecular complexity index is 3500. The first-order chi connectivity index (χ1) is 30.0. The van der Waals surface area contributed by atoms with Crippen LogP contribution in [-0.2, 0) is 5.41 Å². The van der Waals surface area contributed by atoms with Gasteiger partial charge in [-0.25, -0.2) is 0 Å². The van der Waals surface area contributed by atoms with Crippen LogP contribution >= 0.6 is 0 Å². The summed E-state index contributed by atoms with van der Waals surface area (Å²) in [5.41, 5.74) is 17.7. The Morgan fingerprint density at radius 1 is 0.328 bits per heavy atom. The van der Waals surface area contributed by atoms with Crippen molar-refractivity contribution in [3.63, 3.8) is 0 Å². The molecule has 1 aliphatic carbocycles. The molecule has 2 heteroatoms. The molecule has 1 heterocycles. The van der Waals surface area contributed by atoms with E-state index in [0.29, 0.717) is 0 Å². The largest absolute Gasteiger partial charge is 0.456 e. The van der Waals surface area contributed by atoms with Gasteiger partial charge in [-0.15, -0.1) is 0 Å². The molecular formula is C59H41NO.